The topological polar surface area (TPSA) is 40.5 Å². The number of aliphatic hydroxyl groups is 1. The normalized spacial score (nSPS) is 15.4. The van der Waals surface area contributed by atoms with Gasteiger partial charge in [0.05, 0.1) is 0 Å². The molecule has 0 aliphatic carbocycles. The van der Waals surface area contributed by atoms with Gasteiger partial charge in [0.15, 0.2) is 0 Å². The van der Waals surface area contributed by atoms with E-state index >= 15 is 0 Å². The van der Waals surface area contributed by atoms with Crippen LogP contribution in [0, 0.1) is 0 Å². The highest BCUT2D eigenvalue weighted by Gasteiger charge is 2.56. The summed E-state index contributed by atoms with van der Waals surface area (Å²) in [4.78, 5) is 0. The molecule has 0 saturated carbocycles. The van der Waals surface area contributed by atoms with Gasteiger partial charge in [-0.1, -0.05) is 18.7 Å². The van der Waals surface area contributed by atoms with Gasteiger partial charge < -0.3 is 10.2 Å². The van der Waals surface area contributed by atoms with Crippen molar-refractivity contribution < 1.29 is 27.8 Å². The molecule has 1 atom stereocenters. The van der Waals surface area contributed by atoms with Crippen LogP contribution < -0.4 is 0 Å². The van der Waals surface area contributed by atoms with Crippen molar-refractivity contribution in [1.29, 1.82) is 0 Å². The Morgan fingerprint density at radius 2 is 1.88 bits per heavy atom. The molecule has 0 aromatic heterocycles. The smallest absolute Gasteiger partial charge is 0.424 e. The van der Waals surface area contributed by atoms with Crippen molar-refractivity contribution in [3.63, 3.8) is 0 Å². The molecule has 1 rings (SSSR count). The Morgan fingerprint density at radius 1 is 1.29 bits per heavy atom. The first-order chi connectivity index (χ1) is 7.76. The van der Waals surface area contributed by atoms with Crippen molar-refractivity contribution in [1.82, 2.24) is 0 Å². The lowest BCUT2D eigenvalue weighted by Gasteiger charge is -2.28. The fraction of sp³-hybridized carbons (Fsp3) is 0.273. The quantitative estimate of drug-likeness (QED) is 0.810. The van der Waals surface area contributed by atoms with Gasteiger partial charge in [-0.3, -0.25) is 0 Å². The van der Waals surface area contributed by atoms with Gasteiger partial charge in [0.25, 0.3) is 0 Å². The molecule has 2 nitrogen and oxygen atoms in total. The fourth-order valence-corrected chi connectivity index (χ4v) is 1.31. The molecule has 1 aromatic rings. The van der Waals surface area contributed by atoms with Crippen molar-refractivity contribution in [2.75, 3.05) is 6.67 Å². The molecule has 6 heteroatoms. The number of hydrogen-bond donors (Lipinski definition) is 2. The van der Waals surface area contributed by atoms with Gasteiger partial charge >= 0.3 is 6.18 Å². The third-order valence-corrected chi connectivity index (χ3v) is 2.36. The maximum absolute atomic E-state index is 12.6. The van der Waals surface area contributed by atoms with E-state index in [1.165, 1.54) is 12.1 Å². The van der Waals surface area contributed by atoms with Crippen LogP contribution in [0.15, 0.2) is 24.8 Å². The van der Waals surface area contributed by atoms with Crippen molar-refractivity contribution in [2.45, 2.75) is 11.8 Å². The second kappa shape index (κ2) is 4.37. The summed E-state index contributed by atoms with van der Waals surface area (Å²) in [6.45, 7) is 1.25. The van der Waals surface area contributed by atoms with Crippen LogP contribution in [0.5, 0.6) is 5.75 Å². The summed E-state index contributed by atoms with van der Waals surface area (Å²) in [5.41, 5.74) is -4.41. The largest absolute Gasteiger partial charge is 0.508 e. The number of halogens is 4. The summed E-state index contributed by atoms with van der Waals surface area (Å²) < 4.78 is 50.3. The van der Waals surface area contributed by atoms with Crippen LogP contribution in [0.4, 0.5) is 17.6 Å². The highest BCUT2D eigenvalue weighted by atomic mass is 19.4. The van der Waals surface area contributed by atoms with Crippen molar-refractivity contribution in [3.8, 4) is 5.75 Å². The number of benzene rings is 1. The fourth-order valence-electron chi connectivity index (χ4n) is 1.31. The Balaban J connectivity index is 3.44. The maximum atomic E-state index is 12.6. The standard InChI is InChI=1S/C11H10F4O2/c1-2-7-3-4-9(16)8(5-7)10(17,6-12)11(13,14)15/h2-5,16-17H,1,6H2. The molecule has 0 spiro atoms. The van der Waals surface area contributed by atoms with Crippen molar-refractivity contribution in [2.24, 2.45) is 0 Å². The Morgan fingerprint density at radius 3 is 2.29 bits per heavy atom. The lowest BCUT2D eigenvalue weighted by molar-refractivity contribution is -0.271. The summed E-state index contributed by atoms with van der Waals surface area (Å²) in [6, 6.07) is 3.08. The Hall–Kier alpha value is -1.56. The van der Waals surface area contributed by atoms with E-state index in [0.29, 0.717) is 0 Å². The van der Waals surface area contributed by atoms with Crippen LogP contribution in [-0.2, 0) is 5.60 Å². The SMILES string of the molecule is C=Cc1ccc(O)c(C(O)(CF)C(F)(F)F)c1. The number of rotatable bonds is 3. The van der Waals surface area contributed by atoms with Crippen LogP contribution in [0.1, 0.15) is 11.1 Å². The zero-order valence-electron chi connectivity index (χ0n) is 8.63. The Labute approximate surface area is 94.8 Å². The first kappa shape index (κ1) is 13.5. The third kappa shape index (κ3) is 2.26. The zero-order chi connectivity index (χ0) is 13.3. The molecule has 0 amide bonds. The van der Waals surface area contributed by atoms with E-state index in [1.807, 2.05) is 0 Å². The van der Waals surface area contributed by atoms with Crippen LogP contribution >= 0.6 is 0 Å². The van der Waals surface area contributed by atoms with E-state index in [2.05, 4.69) is 6.58 Å². The van der Waals surface area contributed by atoms with E-state index in [1.54, 1.807) is 0 Å². The van der Waals surface area contributed by atoms with Gasteiger partial charge in [-0.05, 0) is 17.7 Å². The van der Waals surface area contributed by atoms with Gasteiger partial charge in [0, 0.05) is 5.56 Å². The summed E-state index contributed by atoms with van der Waals surface area (Å²) >= 11 is 0. The predicted octanol–water partition coefficient (Wildman–Crippen LogP) is 2.75. The molecule has 0 saturated heterocycles. The first-order valence-corrected chi connectivity index (χ1v) is 4.57. The number of alkyl halides is 4. The van der Waals surface area contributed by atoms with Gasteiger partial charge in [-0.15, -0.1) is 0 Å². The number of aromatic hydroxyl groups is 1. The molecule has 1 unspecified atom stereocenters. The predicted molar refractivity (Wildman–Crippen MR) is 54.1 cm³/mol. The molecule has 0 aliphatic rings. The van der Waals surface area contributed by atoms with Crippen molar-refractivity contribution >= 4 is 6.08 Å². The Kier molecular flexibility index (Phi) is 3.47. The molecule has 0 fully saturated rings. The molecule has 17 heavy (non-hydrogen) atoms. The Bertz CT molecular complexity index is 428. The molecule has 94 valence electrons. The van der Waals surface area contributed by atoms with E-state index in [9.17, 15) is 27.8 Å². The lowest BCUT2D eigenvalue weighted by Crippen LogP contribution is -2.44. The molecule has 0 radical (unpaired) electrons. The second-order valence-electron chi connectivity index (χ2n) is 3.47. The maximum Gasteiger partial charge on any atom is 0.424 e. The summed E-state index contributed by atoms with van der Waals surface area (Å²) in [5.74, 6) is -0.826. The van der Waals surface area contributed by atoms with Crippen LogP contribution in [0.2, 0.25) is 0 Å². The van der Waals surface area contributed by atoms with E-state index in [0.717, 1.165) is 12.1 Å². The molecular weight excluding hydrogens is 240 g/mol. The number of phenols is 1. The van der Waals surface area contributed by atoms with Gasteiger partial charge in [-0.2, -0.15) is 13.2 Å². The van der Waals surface area contributed by atoms with Gasteiger partial charge in [-0.25, -0.2) is 4.39 Å². The van der Waals surface area contributed by atoms with Crippen LogP contribution in [-0.4, -0.2) is 23.1 Å². The zero-order valence-corrected chi connectivity index (χ0v) is 8.63. The highest BCUT2D eigenvalue weighted by molar-refractivity contribution is 5.53. The van der Waals surface area contributed by atoms with Crippen LogP contribution in [0.25, 0.3) is 6.08 Å². The molecule has 0 bridgehead atoms. The van der Waals surface area contributed by atoms with E-state index in [-0.39, 0.29) is 5.56 Å². The molecular formula is C11H10F4O2. The second-order valence-corrected chi connectivity index (χ2v) is 3.47. The minimum atomic E-state index is -5.22. The highest BCUT2D eigenvalue weighted by Crippen LogP contribution is 2.43. The summed E-state index contributed by atoms with van der Waals surface area (Å²) in [7, 11) is 0. The van der Waals surface area contributed by atoms with Gasteiger partial charge in [0.1, 0.15) is 12.4 Å². The average molecular weight is 250 g/mol. The lowest BCUT2D eigenvalue weighted by atomic mass is 9.92. The average Bonchev–Trinajstić information content (AvgIpc) is 2.27. The number of hydrogen-bond acceptors (Lipinski definition) is 2. The first-order valence-electron chi connectivity index (χ1n) is 4.57. The minimum absolute atomic E-state index is 0.230. The number of phenolic OH excluding ortho intramolecular Hbond substituents is 1. The van der Waals surface area contributed by atoms with Crippen molar-refractivity contribution in [3.05, 3.63) is 35.9 Å². The minimum Gasteiger partial charge on any atom is -0.508 e. The molecule has 2 N–H and O–H groups in total. The monoisotopic (exact) mass is 250 g/mol. The molecule has 0 aliphatic heterocycles. The molecule has 1 aromatic carbocycles. The summed E-state index contributed by atoms with van der Waals surface area (Å²) in [5, 5.41) is 18.6. The van der Waals surface area contributed by atoms with Gasteiger partial charge in [0.2, 0.25) is 5.60 Å². The van der Waals surface area contributed by atoms with E-state index < -0.39 is 29.8 Å². The molecule has 0 heterocycles. The third-order valence-electron chi connectivity index (χ3n) is 2.36. The summed E-state index contributed by atoms with van der Waals surface area (Å²) in [6.07, 6.45) is -4.00. The van der Waals surface area contributed by atoms with E-state index in [4.69, 9.17) is 0 Å². The van der Waals surface area contributed by atoms with Crippen LogP contribution in [0.3, 0.4) is 0 Å².